The minimum atomic E-state index is -0.866. The lowest BCUT2D eigenvalue weighted by Crippen LogP contribution is -2.07. The van der Waals surface area contributed by atoms with E-state index in [9.17, 15) is 9.59 Å². The number of carboxylic acid groups (broad SMARTS) is 1. The molecule has 0 aliphatic rings. The second kappa shape index (κ2) is 6.06. The van der Waals surface area contributed by atoms with Gasteiger partial charge in [0.2, 0.25) is 5.82 Å². The third-order valence-corrected chi connectivity index (χ3v) is 2.50. The second-order valence-electron chi connectivity index (χ2n) is 2.70. The summed E-state index contributed by atoms with van der Waals surface area (Å²) in [7, 11) is 1.25. The summed E-state index contributed by atoms with van der Waals surface area (Å²) >= 11 is 1.25. The van der Waals surface area contributed by atoms with Crippen molar-refractivity contribution in [1.82, 2.24) is 9.97 Å². The summed E-state index contributed by atoms with van der Waals surface area (Å²) in [4.78, 5) is 29.1. The fourth-order valence-electron chi connectivity index (χ4n) is 0.855. The van der Waals surface area contributed by atoms with Crippen LogP contribution in [0.3, 0.4) is 0 Å². The Hall–Kier alpha value is -1.63. The maximum absolute atomic E-state index is 11.1. The minimum absolute atomic E-state index is 0.0252. The molecule has 1 heterocycles. The molecule has 0 atom stereocenters. The zero-order chi connectivity index (χ0) is 12.0. The van der Waals surface area contributed by atoms with Crippen molar-refractivity contribution in [2.24, 2.45) is 0 Å². The average Bonchev–Trinajstić information content (AvgIpc) is 2.28. The Morgan fingerprint density at radius 2 is 2.31 bits per heavy atom. The Balaban J connectivity index is 2.60. The van der Waals surface area contributed by atoms with Crippen LogP contribution in [-0.2, 0) is 9.53 Å². The predicted molar refractivity (Wildman–Crippen MR) is 56.3 cm³/mol. The molecule has 7 heteroatoms. The van der Waals surface area contributed by atoms with Crippen LogP contribution in [0.1, 0.15) is 17.0 Å². The summed E-state index contributed by atoms with van der Waals surface area (Å²) in [6.45, 7) is 0. The van der Waals surface area contributed by atoms with E-state index in [1.165, 1.54) is 25.1 Å². The highest BCUT2D eigenvalue weighted by Gasteiger charge is 2.09. The van der Waals surface area contributed by atoms with E-state index in [1.54, 1.807) is 6.07 Å². The molecule has 0 saturated heterocycles. The van der Waals surface area contributed by atoms with E-state index in [0.29, 0.717) is 10.8 Å². The van der Waals surface area contributed by atoms with Gasteiger partial charge in [0.05, 0.1) is 13.5 Å². The Labute approximate surface area is 96.0 Å². The van der Waals surface area contributed by atoms with Gasteiger partial charge in [-0.05, 0) is 6.07 Å². The van der Waals surface area contributed by atoms with E-state index in [4.69, 9.17) is 5.11 Å². The van der Waals surface area contributed by atoms with E-state index in [-0.39, 0.29) is 12.2 Å². The van der Waals surface area contributed by atoms with Crippen LogP contribution in [-0.4, -0.2) is 39.9 Å². The van der Waals surface area contributed by atoms with Crippen molar-refractivity contribution >= 4 is 23.7 Å². The fourth-order valence-corrected chi connectivity index (χ4v) is 1.65. The molecule has 0 aliphatic carbocycles. The van der Waals surface area contributed by atoms with Crippen LogP contribution >= 0.6 is 11.8 Å². The van der Waals surface area contributed by atoms with Crippen molar-refractivity contribution in [3.63, 3.8) is 0 Å². The van der Waals surface area contributed by atoms with Gasteiger partial charge in [-0.3, -0.25) is 4.79 Å². The maximum Gasteiger partial charge on any atom is 0.376 e. The lowest BCUT2D eigenvalue weighted by Gasteiger charge is -2.00. The van der Waals surface area contributed by atoms with Gasteiger partial charge in [-0.25, -0.2) is 14.8 Å². The molecule has 0 bridgehead atoms. The van der Waals surface area contributed by atoms with E-state index >= 15 is 0 Å². The molecule has 0 fully saturated rings. The van der Waals surface area contributed by atoms with Gasteiger partial charge >= 0.3 is 11.9 Å². The van der Waals surface area contributed by atoms with E-state index < -0.39 is 11.9 Å². The lowest BCUT2D eigenvalue weighted by molar-refractivity contribution is -0.136. The van der Waals surface area contributed by atoms with Gasteiger partial charge in [0, 0.05) is 11.9 Å². The first-order valence-electron chi connectivity index (χ1n) is 4.39. The third-order valence-electron chi connectivity index (χ3n) is 1.56. The summed E-state index contributed by atoms with van der Waals surface area (Å²) in [5.74, 6) is -1.11. The van der Waals surface area contributed by atoms with Crippen LogP contribution in [0.5, 0.6) is 0 Å². The fraction of sp³-hybridized carbons (Fsp3) is 0.333. The normalized spacial score (nSPS) is 9.81. The molecule has 86 valence electrons. The summed E-state index contributed by atoms with van der Waals surface area (Å²) < 4.78 is 4.47. The Kier molecular flexibility index (Phi) is 4.71. The van der Waals surface area contributed by atoms with Crippen molar-refractivity contribution in [2.45, 2.75) is 11.4 Å². The average molecular weight is 242 g/mol. The number of hydrogen-bond donors (Lipinski definition) is 1. The molecule has 0 aliphatic heterocycles. The monoisotopic (exact) mass is 242 g/mol. The zero-order valence-corrected chi connectivity index (χ0v) is 9.36. The van der Waals surface area contributed by atoms with Crippen LogP contribution < -0.4 is 0 Å². The van der Waals surface area contributed by atoms with Crippen molar-refractivity contribution in [3.05, 3.63) is 18.1 Å². The number of carboxylic acids is 1. The van der Waals surface area contributed by atoms with Crippen molar-refractivity contribution in [2.75, 3.05) is 12.9 Å². The molecule has 0 unspecified atom stereocenters. The number of aromatic nitrogens is 2. The summed E-state index contributed by atoms with van der Waals surface area (Å²) in [5.41, 5.74) is 0. The minimum Gasteiger partial charge on any atom is -0.481 e. The number of ether oxygens (including phenoxy) is 1. The molecule has 6 nitrogen and oxygen atoms in total. The van der Waals surface area contributed by atoms with Crippen molar-refractivity contribution in [1.29, 1.82) is 0 Å². The second-order valence-corrected chi connectivity index (χ2v) is 3.82. The first-order chi connectivity index (χ1) is 7.63. The number of esters is 1. The molecule has 0 radical (unpaired) electrons. The molecule has 16 heavy (non-hydrogen) atoms. The number of aliphatic carboxylic acids is 1. The Morgan fingerprint density at radius 3 is 2.94 bits per heavy atom. The van der Waals surface area contributed by atoms with Crippen LogP contribution in [0.2, 0.25) is 0 Å². The molecular weight excluding hydrogens is 232 g/mol. The zero-order valence-electron chi connectivity index (χ0n) is 8.54. The highest BCUT2D eigenvalue weighted by atomic mass is 32.2. The van der Waals surface area contributed by atoms with E-state index in [2.05, 4.69) is 14.7 Å². The van der Waals surface area contributed by atoms with Crippen LogP contribution in [0.15, 0.2) is 17.3 Å². The molecule has 0 aromatic carbocycles. The molecule has 0 amide bonds. The predicted octanol–water partition coefficient (Wildman–Crippen LogP) is 0.830. The number of nitrogens with zero attached hydrogens (tertiary/aromatic N) is 2. The lowest BCUT2D eigenvalue weighted by atomic mass is 10.5. The molecule has 0 saturated carbocycles. The number of carbonyl (C=O) groups is 2. The molecule has 1 aromatic heterocycles. The third kappa shape index (κ3) is 3.85. The molecule has 1 N–H and O–H groups in total. The van der Waals surface area contributed by atoms with Gasteiger partial charge in [-0.15, -0.1) is 11.8 Å². The molecule has 1 rings (SSSR count). The van der Waals surface area contributed by atoms with Crippen LogP contribution in [0.25, 0.3) is 0 Å². The molecule has 1 aromatic rings. The molecule has 0 spiro atoms. The van der Waals surface area contributed by atoms with Gasteiger partial charge in [0.25, 0.3) is 0 Å². The topological polar surface area (TPSA) is 89.4 Å². The highest BCUT2D eigenvalue weighted by molar-refractivity contribution is 7.99. The summed E-state index contributed by atoms with van der Waals surface area (Å²) in [6, 6.07) is 1.61. The van der Waals surface area contributed by atoms with Crippen molar-refractivity contribution < 1.29 is 19.4 Å². The first kappa shape index (κ1) is 12.4. The Morgan fingerprint density at radius 1 is 1.56 bits per heavy atom. The van der Waals surface area contributed by atoms with Crippen molar-refractivity contribution in [3.8, 4) is 0 Å². The number of hydrogen-bond acceptors (Lipinski definition) is 6. The standard InChI is InChI=1S/C9H10N2O4S/c1-15-9(14)8-10-4-2-6(11-8)16-5-3-7(12)13/h2,4H,3,5H2,1H3,(H,12,13). The summed E-state index contributed by atoms with van der Waals surface area (Å²) in [5, 5.41) is 9.00. The van der Waals surface area contributed by atoms with E-state index in [0.717, 1.165) is 0 Å². The van der Waals surface area contributed by atoms with Gasteiger partial charge in [-0.1, -0.05) is 0 Å². The van der Waals surface area contributed by atoms with Gasteiger partial charge in [-0.2, -0.15) is 0 Å². The summed E-state index contributed by atoms with van der Waals surface area (Å²) in [6.07, 6.45) is 1.48. The first-order valence-corrected chi connectivity index (χ1v) is 5.38. The smallest absolute Gasteiger partial charge is 0.376 e. The largest absolute Gasteiger partial charge is 0.481 e. The number of carbonyl (C=O) groups excluding carboxylic acids is 1. The number of thioether (sulfide) groups is 1. The van der Waals surface area contributed by atoms with Gasteiger partial charge in [0.1, 0.15) is 5.03 Å². The van der Waals surface area contributed by atoms with Gasteiger partial charge in [0.15, 0.2) is 0 Å². The SMILES string of the molecule is COC(=O)c1nccc(SCCC(=O)O)n1. The van der Waals surface area contributed by atoms with E-state index in [1.807, 2.05) is 0 Å². The Bertz CT molecular complexity index is 397. The van der Waals surface area contributed by atoms with Crippen LogP contribution in [0, 0.1) is 0 Å². The van der Waals surface area contributed by atoms with Gasteiger partial charge < -0.3 is 9.84 Å². The highest BCUT2D eigenvalue weighted by Crippen LogP contribution is 2.15. The molecular formula is C9H10N2O4S. The maximum atomic E-state index is 11.1. The number of rotatable bonds is 5. The van der Waals surface area contributed by atoms with Crippen LogP contribution in [0.4, 0.5) is 0 Å². The number of methoxy groups -OCH3 is 1. The quantitative estimate of drug-likeness (QED) is 0.464.